The molecule has 16 heavy (non-hydrogen) atoms. The molecule has 2 N–H and O–H groups in total. The first kappa shape index (κ1) is 14.0. The fraction of sp³-hybridized carbons (Fsp3) is 1.00. The largest absolute Gasteiger partial charge is 0.314 e. The van der Waals surface area contributed by atoms with Gasteiger partial charge in [0.25, 0.3) is 0 Å². The van der Waals surface area contributed by atoms with Crippen molar-refractivity contribution in [2.24, 2.45) is 5.41 Å². The summed E-state index contributed by atoms with van der Waals surface area (Å²) in [6.45, 7) is 13.7. The average molecular weight is 226 g/mol. The van der Waals surface area contributed by atoms with E-state index in [9.17, 15) is 0 Å². The predicted octanol–water partition coefficient (Wildman–Crippen LogP) is 2.93. The highest BCUT2D eigenvalue weighted by Crippen LogP contribution is 2.36. The van der Waals surface area contributed by atoms with Gasteiger partial charge in [-0.3, -0.25) is 0 Å². The molecule has 2 heteroatoms. The Morgan fingerprint density at radius 3 is 2.38 bits per heavy atom. The lowest BCUT2D eigenvalue weighted by molar-refractivity contribution is 0.362. The second-order valence-electron chi connectivity index (χ2n) is 7.09. The van der Waals surface area contributed by atoms with Gasteiger partial charge in [-0.2, -0.15) is 0 Å². The van der Waals surface area contributed by atoms with E-state index in [1.807, 2.05) is 0 Å². The number of hydrogen-bond acceptors (Lipinski definition) is 2. The van der Waals surface area contributed by atoms with Crippen molar-refractivity contribution >= 4 is 0 Å². The summed E-state index contributed by atoms with van der Waals surface area (Å²) in [5.74, 6) is 0. The third-order valence-corrected chi connectivity index (χ3v) is 3.41. The van der Waals surface area contributed by atoms with Gasteiger partial charge < -0.3 is 10.6 Å². The number of rotatable bonds is 5. The molecule has 1 fully saturated rings. The molecule has 0 heterocycles. The Bertz CT molecular complexity index is 203. The summed E-state index contributed by atoms with van der Waals surface area (Å²) < 4.78 is 0. The molecule has 0 bridgehead atoms. The van der Waals surface area contributed by atoms with Crippen LogP contribution in [-0.2, 0) is 0 Å². The normalized spacial score (nSPS) is 24.9. The van der Waals surface area contributed by atoms with Crippen molar-refractivity contribution in [3.8, 4) is 0 Å². The number of hydrogen-bond donors (Lipinski definition) is 2. The van der Waals surface area contributed by atoms with Crippen LogP contribution in [0.3, 0.4) is 0 Å². The minimum absolute atomic E-state index is 0.259. The molecule has 0 aromatic rings. The molecule has 0 aromatic carbocycles. The molecule has 1 aliphatic rings. The molecule has 0 aromatic heterocycles. The van der Waals surface area contributed by atoms with Gasteiger partial charge in [0.2, 0.25) is 0 Å². The van der Waals surface area contributed by atoms with E-state index in [-0.39, 0.29) is 5.54 Å². The molecule has 1 atom stereocenters. The minimum atomic E-state index is 0.259. The van der Waals surface area contributed by atoms with Gasteiger partial charge in [0.15, 0.2) is 0 Å². The molecule has 0 spiro atoms. The van der Waals surface area contributed by atoms with Crippen LogP contribution in [0.1, 0.15) is 60.3 Å². The second kappa shape index (κ2) is 5.50. The Morgan fingerprint density at radius 2 is 1.88 bits per heavy atom. The van der Waals surface area contributed by atoms with Gasteiger partial charge in [-0.15, -0.1) is 0 Å². The molecule has 1 aliphatic carbocycles. The monoisotopic (exact) mass is 226 g/mol. The molecular formula is C14H30N2. The molecule has 1 unspecified atom stereocenters. The summed E-state index contributed by atoms with van der Waals surface area (Å²) in [4.78, 5) is 0. The van der Waals surface area contributed by atoms with Crippen molar-refractivity contribution in [2.45, 2.75) is 71.9 Å². The van der Waals surface area contributed by atoms with Crippen LogP contribution in [0, 0.1) is 5.41 Å². The Balaban J connectivity index is 2.00. The Kier molecular flexibility index (Phi) is 4.81. The molecule has 1 rings (SSSR count). The van der Waals surface area contributed by atoms with Crippen LogP contribution in [-0.4, -0.2) is 24.7 Å². The van der Waals surface area contributed by atoms with Crippen LogP contribution in [0.4, 0.5) is 0 Å². The van der Waals surface area contributed by atoms with Gasteiger partial charge in [0.05, 0.1) is 0 Å². The Hall–Kier alpha value is -0.0800. The van der Waals surface area contributed by atoms with Crippen LogP contribution in [0.5, 0.6) is 0 Å². The summed E-state index contributed by atoms with van der Waals surface area (Å²) in [6, 6.07) is 0.768. The molecule has 1 saturated carbocycles. The van der Waals surface area contributed by atoms with Gasteiger partial charge in [-0.1, -0.05) is 13.8 Å². The van der Waals surface area contributed by atoms with E-state index in [4.69, 9.17) is 0 Å². The maximum Gasteiger partial charge on any atom is 0.00965 e. The van der Waals surface area contributed by atoms with Gasteiger partial charge in [-0.05, 0) is 65.0 Å². The SMILES string of the molecule is CC1(C)CCC(NCCCNC(C)(C)C)C1. The van der Waals surface area contributed by atoms with E-state index in [0.717, 1.165) is 19.1 Å². The van der Waals surface area contributed by atoms with Crippen LogP contribution >= 0.6 is 0 Å². The van der Waals surface area contributed by atoms with Crippen LogP contribution < -0.4 is 10.6 Å². The third kappa shape index (κ3) is 5.86. The van der Waals surface area contributed by atoms with Gasteiger partial charge in [0, 0.05) is 11.6 Å². The third-order valence-electron chi connectivity index (χ3n) is 3.41. The van der Waals surface area contributed by atoms with Crippen LogP contribution in [0.2, 0.25) is 0 Å². The van der Waals surface area contributed by atoms with E-state index in [2.05, 4.69) is 45.3 Å². The lowest BCUT2D eigenvalue weighted by atomic mass is 9.92. The van der Waals surface area contributed by atoms with Crippen molar-refractivity contribution in [1.82, 2.24) is 10.6 Å². The summed E-state index contributed by atoms with van der Waals surface area (Å²) in [5.41, 5.74) is 0.830. The molecule has 0 amide bonds. The quantitative estimate of drug-likeness (QED) is 0.704. The Morgan fingerprint density at radius 1 is 1.19 bits per heavy atom. The van der Waals surface area contributed by atoms with Gasteiger partial charge >= 0.3 is 0 Å². The minimum Gasteiger partial charge on any atom is -0.314 e. The maximum absolute atomic E-state index is 3.68. The highest BCUT2D eigenvalue weighted by molar-refractivity contribution is 4.86. The van der Waals surface area contributed by atoms with E-state index in [1.165, 1.54) is 25.7 Å². The van der Waals surface area contributed by atoms with Crippen LogP contribution in [0.25, 0.3) is 0 Å². The lowest BCUT2D eigenvalue weighted by Crippen LogP contribution is -2.38. The molecule has 0 aliphatic heterocycles. The summed E-state index contributed by atoms with van der Waals surface area (Å²) in [6.07, 6.45) is 5.32. The first-order valence-corrected chi connectivity index (χ1v) is 6.77. The van der Waals surface area contributed by atoms with Crippen LogP contribution in [0.15, 0.2) is 0 Å². The molecule has 96 valence electrons. The van der Waals surface area contributed by atoms with E-state index in [0.29, 0.717) is 5.41 Å². The van der Waals surface area contributed by atoms with E-state index >= 15 is 0 Å². The zero-order chi connectivity index (χ0) is 12.2. The highest BCUT2D eigenvalue weighted by Gasteiger charge is 2.30. The topological polar surface area (TPSA) is 24.1 Å². The molecule has 0 saturated heterocycles. The van der Waals surface area contributed by atoms with Crippen molar-refractivity contribution in [2.75, 3.05) is 13.1 Å². The average Bonchev–Trinajstić information content (AvgIpc) is 2.43. The van der Waals surface area contributed by atoms with E-state index in [1.54, 1.807) is 0 Å². The summed E-state index contributed by atoms with van der Waals surface area (Å²) in [7, 11) is 0. The van der Waals surface area contributed by atoms with Gasteiger partial charge in [-0.25, -0.2) is 0 Å². The van der Waals surface area contributed by atoms with Crippen molar-refractivity contribution in [3.63, 3.8) is 0 Å². The molecular weight excluding hydrogens is 196 g/mol. The Labute approximate surface area is 102 Å². The molecule has 0 radical (unpaired) electrons. The maximum atomic E-state index is 3.68. The smallest absolute Gasteiger partial charge is 0.00965 e. The first-order chi connectivity index (χ1) is 7.29. The summed E-state index contributed by atoms with van der Waals surface area (Å²) >= 11 is 0. The van der Waals surface area contributed by atoms with Crippen molar-refractivity contribution in [1.29, 1.82) is 0 Å². The first-order valence-electron chi connectivity index (χ1n) is 6.77. The van der Waals surface area contributed by atoms with Crippen molar-refractivity contribution in [3.05, 3.63) is 0 Å². The van der Waals surface area contributed by atoms with Gasteiger partial charge in [0.1, 0.15) is 0 Å². The standard InChI is InChI=1S/C14H30N2/c1-13(2,3)16-10-6-9-15-12-7-8-14(4,5)11-12/h12,15-16H,6-11H2,1-5H3. The fourth-order valence-corrected chi connectivity index (χ4v) is 2.47. The highest BCUT2D eigenvalue weighted by atomic mass is 15.0. The number of nitrogens with one attached hydrogen (secondary N) is 2. The lowest BCUT2D eigenvalue weighted by Gasteiger charge is -2.21. The second-order valence-corrected chi connectivity index (χ2v) is 7.09. The van der Waals surface area contributed by atoms with E-state index < -0.39 is 0 Å². The summed E-state index contributed by atoms with van der Waals surface area (Å²) in [5, 5.41) is 7.21. The fourth-order valence-electron chi connectivity index (χ4n) is 2.47. The predicted molar refractivity (Wildman–Crippen MR) is 71.8 cm³/mol. The van der Waals surface area contributed by atoms with Crippen molar-refractivity contribution < 1.29 is 0 Å². The zero-order valence-electron chi connectivity index (χ0n) is 11.8. The zero-order valence-corrected chi connectivity index (χ0v) is 11.8. The molecule has 2 nitrogen and oxygen atoms in total.